The van der Waals surface area contributed by atoms with Crippen LogP contribution >= 0.6 is 15.9 Å². The largest absolute Gasteiger partial charge is 0.469 e. The van der Waals surface area contributed by atoms with Gasteiger partial charge in [-0.3, -0.25) is 9.59 Å². The number of ether oxygens (including phenoxy) is 1. The predicted octanol–water partition coefficient (Wildman–Crippen LogP) is 5.01. The zero-order valence-corrected chi connectivity index (χ0v) is 17.3. The van der Waals surface area contributed by atoms with E-state index in [4.69, 9.17) is 4.74 Å². The number of methoxy groups -OCH3 is 1. The summed E-state index contributed by atoms with van der Waals surface area (Å²) in [4.78, 5) is 25.5. The standard InChI is InChI=1S/C21H27BrO3/c1-12(2)13-7-8-15-14(11-13)17(23)16(22)18-20(15,3)9-6-10-21(18,4)19(24)25-5/h7-8,11-12,16,18H,6,9-10H2,1-5H3/t16-,18-,20-,21-/m1/s1. The highest BCUT2D eigenvalue weighted by Gasteiger charge is 2.60. The van der Waals surface area contributed by atoms with E-state index in [1.54, 1.807) is 0 Å². The summed E-state index contributed by atoms with van der Waals surface area (Å²) in [6.07, 6.45) is 2.69. The van der Waals surface area contributed by atoms with Gasteiger partial charge in [-0.05, 0) is 48.3 Å². The number of benzene rings is 1. The summed E-state index contributed by atoms with van der Waals surface area (Å²) in [5.74, 6) is 0.162. The Morgan fingerprint density at radius 2 is 1.96 bits per heavy atom. The molecule has 0 aliphatic heterocycles. The molecule has 0 radical (unpaired) electrons. The molecule has 2 aliphatic carbocycles. The van der Waals surface area contributed by atoms with Crippen molar-refractivity contribution in [3.05, 3.63) is 34.9 Å². The summed E-state index contributed by atoms with van der Waals surface area (Å²) >= 11 is 3.68. The summed E-state index contributed by atoms with van der Waals surface area (Å²) in [6.45, 7) is 8.46. The average molecular weight is 407 g/mol. The van der Waals surface area contributed by atoms with E-state index in [1.165, 1.54) is 12.7 Å². The van der Waals surface area contributed by atoms with Crippen LogP contribution < -0.4 is 0 Å². The number of hydrogen-bond donors (Lipinski definition) is 0. The fraction of sp³-hybridized carbons (Fsp3) is 0.619. The van der Waals surface area contributed by atoms with Crippen LogP contribution in [-0.2, 0) is 14.9 Å². The van der Waals surface area contributed by atoms with Crippen LogP contribution in [0.5, 0.6) is 0 Å². The minimum atomic E-state index is -0.653. The van der Waals surface area contributed by atoms with Crippen molar-refractivity contribution in [2.24, 2.45) is 11.3 Å². The number of hydrogen-bond acceptors (Lipinski definition) is 3. The molecular weight excluding hydrogens is 380 g/mol. The number of carbonyl (C=O) groups excluding carboxylic acids is 2. The second-order valence-electron chi connectivity index (χ2n) is 8.38. The van der Waals surface area contributed by atoms with E-state index in [1.807, 2.05) is 6.92 Å². The lowest BCUT2D eigenvalue weighted by molar-refractivity contribution is -0.160. The van der Waals surface area contributed by atoms with Crippen molar-refractivity contribution in [1.29, 1.82) is 0 Å². The van der Waals surface area contributed by atoms with E-state index in [2.05, 4.69) is 54.9 Å². The molecule has 0 aromatic heterocycles. The summed E-state index contributed by atoms with van der Waals surface area (Å²) < 4.78 is 5.14. The third kappa shape index (κ3) is 2.59. The van der Waals surface area contributed by atoms with Crippen LogP contribution in [-0.4, -0.2) is 23.7 Å². The Hall–Kier alpha value is -1.16. The SMILES string of the molecule is COC(=O)[C@]1(C)CCC[C@]2(C)c3ccc(C(C)C)cc3C(=O)[C@@H](Br)[C@@H]12. The minimum Gasteiger partial charge on any atom is -0.469 e. The lowest BCUT2D eigenvalue weighted by Crippen LogP contribution is -2.58. The third-order valence-corrected chi connectivity index (χ3v) is 7.50. The third-order valence-electron chi connectivity index (χ3n) is 6.55. The van der Waals surface area contributed by atoms with Gasteiger partial charge < -0.3 is 4.74 Å². The van der Waals surface area contributed by atoms with Crippen LogP contribution in [0.1, 0.15) is 74.4 Å². The highest BCUT2D eigenvalue weighted by Crippen LogP contribution is 2.59. The van der Waals surface area contributed by atoms with Gasteiger partial charge in [0.1, 0.15) is 0 Å². The number of fused-ring (bicyclic) bond motifs is 3. The second kappa shape index (κ2) is 6.22. The molecule has 25 heavy (non-hydrogen) atoms. The predicted molar refractivity (Wildman–Crippen MR) is 102 cm³/mol. The molecule has 0 spiro atoms. The molecule has 3 rings (SSSR count). The van der Waals surface area contributed by atoms with Gasteiger partial charge in [0.25, 0.3) is 0 Å². The highest BCUT2D eigenvalue weighted by atomic mass is 79.9. The normalized spacial score (nSPS) is 34.4. The Morgan fingerprint density at radius 3 is 2.56 bits per heavy atom. The lowest BCUT2D eigenvalue weighted by Gasteiger charge is -2.55. The van der Waals surface area contributed by atoms with Crippen molar-refractivity contribution in [1.82, 2.24) is 0 Å². The maximum absolute atomic E-state index is 13.2. The van der Waals surface area contributed by atoms with Gasteiger partial charge in [-0.1, -0.05) is 55.3 Å². The molecule has 0 heterocycles. The van der Waals surface area contributed by atoms with Gasteiger partial charge >= 0.3 is 5.97 Å². The van der Waals surface area contributed by atoms with Crippen LogP contribution in [0.2, 0.25) is 0 Å². The molecule has 1 fully saturated rings. The molecule has 1 aromatic carbocycles. The van der Waals surface area contributed by atoms with E-state index < -0.39 is 5.41 Å². The van der Waals surface area contributed by atoms with Gasteiger partial charge in [0.05, 0.1) is 17.4 Å². The van der Waals surface area contributed by atoms with E-state index in [9.17, 15) is 9.59 Å². The first kappa shape index (κ1) is 18.6. The van der Waals surface area contributed by atoms with Crippen LogP contribution in [0.15, 0.2) is 18.2 Å². The molecule has 4 atom stereocenters. The Balaban J connectivity index is 2.20. The number of esters is 1. The number of ketones is 1. The molecule has 0 amide bonds. The number of alkyl halides is 1. The number of Topliss-reactive ketones (excluding diaryl/α,β-unsaturated/α-hetero) is 1. The first-order valence-electron chi connectivity index (χ1n) is 9.08. The molecule has 4 heteroatoms. The van der Waals surface area contributed by atoms with Crippen LogP contribution in [0, 0.1) is 11.3 Å². The fourth-order valence-corrected chi connectivity index (χ4v) is 6.58. The number of carbonyl (C=O) groups is 2. The smallest absolute Gasteiger partial charge is 0.311 e. The van der Waals surface area contributed by atoms with Crippen LogP contribution in [0.25, 0.3) is 0 Å². The summed E-state index contributed by atoms with van der Waals surface area (Å²) in [5, 5.41) is 0. The monoisotopic (exact) mass is 406 g/mol. The maximum atomic E-state index is 13.2. The Bertz CT molecular complexity index is 726. The topological polar surface area (TPSA) is 43.4 Å². The first-order chi connectivity index (χ1) is 11.7. The Kier molecular flexibility index (Phi) is 4.64. The van der Waals surface area contributed by atoms with E-state index in [-0.39, 0.29) is 27.9 Å². The molecule has 136 valence electrons. The molecule has 1 saturated carbocycles. The van der Waals surface area contributed by atoms with Crippen LogP contribution in [0.3, 0.4) is 0 Å². The second-order valence-corrected chi connectivity index (χ2v) is 9.37. The van der Waals surface area contributed by atoms with E-state index in [0.29, 0.717) is 5.92 Å². The molecule has 0 N–H and O–H groups in total. The van der Waals surface area contributed by atoms with Gasteiger partial charge in [-0.15, -0.1) is 0 Å². The summed E-state index contributed by atoms with van der Waals surface area (Å²) in [6, 6.07) is 6.32. The number of halogens is 1. The molecule has 0 bridgehead atoms. The molecule has 3 nitrogen and oxygen atoms in total. The van der Waals surface area contributed by atoms with Gasteiger partial charge in [0.15, 0.2) is 5.78 Å². The minimum absolute atomic E-state index is 0.0944. The van der Waals surface area contributed by atoms with Crippen LogP contribution in [0.4, 0.5) is 0 Å². The van der Waals surface area contributed by atoms with E-state index >= 15 is 0 Å². The van der Waals surface area contributed by atoms with Crippen molar-refractivity contribution in [2.75, 3.05) is 7.11 Å². The first-order valence-corrected chi connectivity index (χ1v) is 9.99. The zero-order valence-electron chi connectivity index (χ0n) is 15.7. The molecule has 0 saturated heterocycles. The lowest BCUT2D eigenvalue weighted by atomic mass is 9.49. The van der Waals surface area contributed by atoms with Gasteiger partial charge in [0.2, 0.25) is 0 Å². The quantitative estimate of drug-likeness (QED) is 0.512. The Morgan fingerprint density at radius 1 is 1.28 bits per heavy atom. The van der Waals surface area contributed by atoms with Gasteiger partial charge in [-0.25, -0.2) is 0 Å². The maximum Gasteiger partial charge on any atom is 0.311 e. The summed E-state index contributed by atoms with van der Waals surface area (Å²) in [5.41, 5.74) is 2.23. The number of rotatable bonds is 2. The van der Waals surface area contributed by atoms with Crippen molar-refractivity contribution in [2.45, 2.75) is 63.1 Å². The molecule has 2 aliphatic rings. The summed E-state index contributed by atoms with van der Waals surface area (Å²) in [7, 11) is 1.44. The molecule has 1 aromatic rings. The van der Waals surface area contributed by atoms with Crippen molar-refractivity contribution >= 4 is 27.7 Å². The average Bonchev–Trinajstić information content (AvgIpc) is 2.58. The Labute approximate surface area is 158 Å². The van der Waals surface area contributed by atoms with E-state index in [0.717, 1.165) is 30.4 Å². The zero-order chi connectivity index (χ0) is 18.6. The highest BCUT2D eigenvalue weighted by molar-refractivity contribution is 9.10. The fourth-order valence-electron chi connectivity index (χ4n) is 5.17. The van der Waals surface area contributed by atoms with Crippen molar-refractivity contribution in [3.63, 3.8) is 0 Å². The van der Waals surface area contributed by atoms with Gasteiger partial charge in [0, 0.05) is 11.5 Å². The molecule has 0 unspecified atom stereocenters. The molecular formula is C21H27BrO3. The van der Waals surface area contributed by atoms with Crippen molar-refractivity contribution in [3.8, 4) is 0 Å². The van der Waals surface area contributed by atoms with Gasteiger partial charge in [-0.2, -0.15) is 0 Å². The van der Waals surface area contributed by atoms with Crippen molar-refractivity contribution < 1.29 is 14.3 Å².